The van der Waals surface area contributed by atoms with Gasteiger partial charge in [-0.05, 0) is 91.0 Å². The van der Waals surface area contributed by atoms with Crippen molar-refractivity contribution >= 4 is 178 Å². The zero-order valence-corrected chi connectivity index (χ0v) is 83.9. The average molecular weight is 2100 g/mol. The highest BCUT2D eigenvalue weighted by molar-refractivity contribution is 8.76. The number of aromatic amines is 2. The summed E-state index contributed by atoms with van der Waals surface area (Å²) in [5, 5.41) is 96.6. The number of nitrogens with zero attached hydrogens (tertiary/aromatic N) is 5. The van der Waals surface area contributed by atoms with Gasteiger partial charge in [-0.1, -0.05) is 121 Å². The highest BCUT2D eigenvalue weighted by Gasteiger charge is 2.44. The number of para-hydroxylation sites is 2. The lowest BCUT2D eigenvalue weighted by Crippen LogP contribution is -2.63. The summed E-state index contributed by atoms with van der Waals surface area (Å²) in [7, 11) is 1.33. The number of aliphatic hydroxyl groups is 2. The van der Waals surface area contributed by atoms with Crippen LogP contribution in [0.3, 0.4) is 0 Å². The first-order chi connectivity index (χ1) is 70.4. The minimum Gasteiger partial charge on any atom is -0.481 e. The molecule has 3 saturated heterocycles. The Bertz CT molecular complexity index is 5740. The van der Waals surface area contributed by atoms with E-state index >= 15 is 28.8 Å². The molecular weight excluding hydrogens is 1970 g/mol. The molecule has 0 radical (unpaired) electrons. The van der Waals surface area contributed by atoms with Gasteiger partial charge in [0.2, 0.25) is 100 Å². The largest absolute Gasteiger partial charge is 0.481 e. The van der Waals surface area contributed by atoms with E-state index < -0.39 is 265 Å². The van der Waals surface area contributed by atoms with Gasteiger partial charge in [-0.25, -0.2) is 0 Å². The number of nitrogens with two attached hydrogens (primary N) is 3. The third-order valence-corrected chi connectivity index (χ3v) is 27.8. The van der Waals surface area contributed by atoms with Crippen LogP contribution in [0.4, 0.5) is 0 Å². The number of carboxylic acids is 4. The van der Waals surface area contributed by atoms with Crippen molar-refractivity contribution < 1.29 is 131 Å². The first-order valence-electron chi connectivity index (χ1n) is 48.4. The molecule has 15 atom stereocenters. The molecule has 9 rings (SSSR count). The van der Waals surface area contributed by atoms with E-state index in [1.165, 1.54) is 6.92 Å². The molecule has 0 bridgehead atoms. The zero-order valence-electron chi connectivity index (χ0n) is 82.2. The second-order valence-corrected chi connectivity index (χ2v) is 39.2. The number of benzene rings is 4. The van der Waals surface area contributed by atoms with Crippen molar-refractivity contribution in [3.8, 4) is 0 Å². The number of aliphatic carboxylic acids is 4. The first kappa shape index (κ1) is 117. The number of aliphatic hydroxyl groups excluding tert-OH is 2. The maximum atomic E-state index is 15.8. The molecule has 3 aliphatic heterocycles. The summed E-state index contributed by atoms with van der Waals surface area (Å²) in [5.41, 5.74) is 19.9. The SMILES string of the molecule is CC[C@H](C)[C@H](NC(=O)[C@@H](NC(=O)[C@H](Cc1c[nH]c2ccccc12)NC(C)=O)[C@@H](C)O)C(=O)N[C@H]1CSSC[C@@H](C(=O)N[C@@H](Cc2c[nH]c3ccccc23)C(=O)N2CCC[C@H]2C(=O)N[C@H](CCCCNC(=O)CN2CCN(CC(=O)O)CCN(CC(=O)O)CCN(CC(=O)O)CC2)C(N)=O)NC(=O)[C@H](CC(N)=O)NC(=O)[C@H](CCC(N)=O)NC(=O)[C@H](Cc2ccc3ccccc3c2)NC(=O)[C@H](CC(=O)O)NC(=O)[C@H](CO)NC1=O. The van der Waals surface area contributed by atoms with Crippen molar-refractivity contribution in [3.05, 3.63) is 120 Å². The third kappa shape index (κ3) is 36.6. The Labute approximate surface area is 857 Å². The second-order valence-electron chi connectivity index (χ2n) is 36.7. The van der Waals surface area contributed by atoms with E-state index in [0.29, 0.717) is 65.5 Å². The summed E-state index contributed by atoms with van der Waals surface area (Å²) < 4.78 is 0. The number of aromatic nitrogens is 2. The van der Waals surface area contributed by atoms with Gasteiger partial charge < -0.3 is 132 Å². The normalized spacial score (nSPS) is 20.8. The summed E-state index contributed by atoms with van der Waals surface area (Å²) >= 11 is 0. The molecule has 0 saturated carbocycles. The van der Waals surface area contributed by atoms with Gasteiger partial charge in [0.15, 0.2) is 0 Å². The molecule has 804 valence electrons. The van der Waals surface area contributed by atoms with Crippen molar-refractivity contribution in [1.82, 2.24) is 104 Å². The predicted molar refractivity (Wildman–Crippen MR) is 538 cm³/mol. The fourth-order valence-electron chi connectivity index (χ4n) is 17.2. The molecule has 0 unspecified atom stereocenters. The number of carboxylic acid groups (broad SMARTS) is 4. The minimum atomic E-state index is -2.18. The molecule has 27 N–H and O–H groups in total. The van der Waals surface area contributed by atoms with Crippen LogP contribution in [0.1, 0.15) is 109 Å². The molecule has 50 nitrogen and oxygen atoms in total. The Balaban J connectivity index is 1.02. The van der Waals surface area contributed by atoms with Crippen LogP contribution in [0, 0.1) is 5.92 Å². The third-order valence-electron chi connectivity index (χ3n) is 25.4. The Hall–Kier alpha value is -14.5. The molecule has 0 spiro atoms. The lowest BCUT2D eigenvalue weighted by Gasteiger charge is -2.32. The van der Waals surface area contributed by atoms with Crippen LogP contribution >= 0.6 is 21.6 Å². The smallest absolute Gasteiger partial charge is 0.317 e. The van der Waals surface area contributed by atoms with E-state index in [9.17, 15) is 103 Å². The number of likely N-dealkylation sites (tertiary alicyclic amines) is 1. The number of unbranched alkanes of at least 4 members (excludes halogenated alkanes) is 1. The number of nitrogens with one attached hydrogen (secondary N) is 15. The van der Waals surface area contributed by atoms with Gasteiger partial charge in [-0.15, -0.1) is 0 Å². The van der Waals surface area contributed by atoms with Gasteiger partial charge in [0.05, 0.1) is 51.7 Å². The molecule has 148 heavy (non-hydrogen) atoms. The Morgan fingerprint density at radius 1 is 0.493 bits per heavy atom. The van der Waals surface area contributed by atoms with E-state index in [0.717, 1.165) is 24.1 Å². The highest BCUT2D eigenvalue weighted by Crippen LogP contribution is 2.29. The Morgan fingerprint density at radius 3 is 1.54 bits per heavy atom. The van der Waals surface area contributed by atoms with Crippen molar-refractivity contribution in [2.45, 2.75) is 196 Å². The monoisotopic (exact) mass is 2100 g/mol. The van der Waals surface area contributed by atoms with Gasteiger partial charge >= 0.3 is 23.9 Å². The molecule has 17 amide bonds. The molecule has 52 heteroatoms. The lowest BCUT2D eigenvalue weighted by molar-refractivity contribution is -0.142. The molecule has 3 aliphatic rings. The number of primary amides is 3. The first-order valence-corrected chi connectivity index (χ1v) is 50.9. The Kier molecular flexibility index (Phi) is 45.6. The standard InChI is InChI=1S/C96H131N23O27S2/c1-5-52(2)82(113-95(145)83(53(3)121)114-89(139)67(103-54(4)122)39-58-43-101-62-19-10-8-17-60(58)62)94(144)112-73-51-148-147-50-72(111-87(137)68(41-76(98)124)107-85(135)65(25-26-75(97)123)105-86(136)66(38-55-23-24-56-15-6-7-16-57(56)37-55)106-88(138)69(42-78(126)127)108-90(140)71(49-120)110-92(73)142)91(141)109-70(40-59-44-102-63-20-11-9-18-61(59)63)96(146)119-28-14-22-74(119)93(143)104-64(84(99)134)21-12-13-27-100-77(125)45-115-29-31-116(46-79(128)129)33-35-118(48-81(132)133)36-34-117(32-30-115)47-80(130)131/h6-11,15-20,23-24,37,43-44,52-53,64-74,82-83,101-102,120-121H,5,12-14,21-22,25-36,38-42,45-51H2,1-4H3,(H2,97,123)(H2,98,124)(H2,99,134)(H,100,125)(H,103,122)(H,104,143)(H,105,136)(H,106,138)(H,107,135)(H,108,140)(H,109,141)(H,110,142)(H,111,137)(H,112,144)(H,113,145)(H,114,139)(H,126,127)(H,128,129)(H,130,131)(H,132,133)/t52-,53+,64+,65-,66-,67-,68-,69-,70-,71-,72-,73-,74-,82-,83-/m0/s1. The molecule has 6 aromatic rings. The van der Waals surface area contributed by atoms with Crippen LogP contribution in [-0.4, -0.2) is 384 Å². The van der Waals surface area contributed by atoms with E-state index in [1.807, 2.05) is 0 Å². The number of rotatable bonds is 43. The number of carbonyl (C=O) groups is 21. The van der Waals surface area contributed by atoms with Gasteiger partial charge in [0.25, 0.3) is 0 Å². The van der Waals surface area contributed by atoms with Gasteiger partial charge in [0, 0.05) is 144 Å². The fraction of sp³-hybridized carbons (Fsp3) is 0.510. The van der Waals surface area contributed by atoms with E-state index in [1.54, 1.807) is 130 Å². The van der Waals surface area contributed by atoms with E-state index in [-0.39, 0.29) is 143 Å². The molecule has 4 aromatic carbocycles. The van der Waals surface area contributed by atoms with Crippen LogP contribution in [0.2, 0.25) is 0 Å². The number of amides is 17. The molecule has 5 heterocycles. The topological polar surface area (TPSA) is 762 Å². The minimum absolute atomic E-state index is 0.0112. The quantitative estimate of drug-likeness (QED) is 0.0125. The van der Waals surface area contributed by atoms with E-state index in [2.05, 4.69) is 79.1 Å². The van der Waals surface area contributed by atoms with Crippen LogP contribution < -0.4 is 86.3 Å². The number of hydrogen-bond acceptors (Lipinski definition) is 29. The van der Waals surface area contributed by atoms with Crippen molar-refractivity contribution in [2.24, 2.45) is 23.1 Å². The number of fused-ring (bicyclic) bond motifs is 3. The van der Waals surface area contributed by atoms with Crippen LogP contribution in [0.5, 0.6) is 0 Å². The molecule has 0 aliphatic carbocycles. The maximum Gasteiger partial charge on any atom is 0.317 e. The summed E-state index contributed by atoms with van der Waals surface area (Å²) in [5.74, 6) is -26.0. The number of hydrogen-bond donors (Lipinski definition) is 24. The molecule has 3 fully saturated rings. The van der Waals surface area contributed by atoms with Crippen LogP contribution in [0.15, 0.2) is 103 Å². The van der Waals surface area contributed by atoms with Crippen molar-refractivity contribution in [2.75, 3.05) is 110 Å². The second kappa shape index (κ2) is 57.6. The molecular formula is C96H131N23O27S2. The average Bonchev–Trinajstić information content (AvgIpc) is 1.66. The summed E-state index contributed by atoms with van der Waals surface area (Å²) in [6.07, 6.45) is -2.62. The summed E-state index contributed by atoms with van der Waals surface area (Å²) in [6, 6.07) is 2.14. The van der Waals surface area contributed by atoms with Crippen molar-refractivity contribution in [1.29, 1.82) is 0 Å². The van der Waals surface area contributed by atoms with Crippen LogP contribution in [-0.2, 0) is 120 Å². The van der Waals surface area contributed by atoms with Gasteiger partial charge in [-0.2, -0.15) is 0 Å². The summed E-state index contributed by atoms with van der Waals surface area (Å²) in [6.45, 7) is 3.89. The van der Waals surface area contributed by atoms with Gasteiger partial charge in [0.1, 0.15) is 78.5 Å². The molecule has 2 aromatic heterocycles. The fourth-order valence-corrected chi connectivity index (χ4v) is 19.5. The summed E-state index contributed by atoms with van der Waals surface area (Å²) in [4.78, 5) is 308. The van der Waals surface area contributed by atoms with Crippen molar-refractivity contribution in [3.63, 3.8) is 0 Å². The van der Waals surface area contributed by atoms with Crippen LogP contribution in [0.25, 0.3) is 32.6 Å². The highest BCUT2D eigenvalue weighted by atomic mass is 33.1. The van der Waals surface area contributed by atoms with E-state index in [4.69, 9.17) is 17.2 Å². The Morgan fingerprint density at radius 2 is 0.993 bits per heavy atom. The number of carbonyl (C=O) groups excluding carboxylic acids is 17. The lowest BCUT2D eigenvalue weighted by atomic mass is 9.97. The van der Waals surface area contributed by atoms with Gasteiger partial charge in [-0.3, -0.25) is 120 Å². The zero-order chi connectivity index (χ0) is 108. The number of H-pyrrole nitrogens is 2. The predicted octanol–water partition coefficient (Wildman–Crippen LogP) is -5.66. The maximum absolute atomic E-state index is 15.8.